The first-order valence-corrected chi connectivity index (χ1v) is 7.86. The average Bonchev–Trinajstić information content (AvgIpc) is 3.12. The van der Waals surface area contributed by atoms with Crippen LogP contribution in [0.4, 0.5) is 0 Å². The Balaban J connectivity index is 1.58. The van der Waals surface area contributed by atoms with E-state index in [2.05, 4.69) is 12.1 Å². The quantitative estimate of drug-likeness (QED) is 0.830. The predicted molar refractivity (Wildman–Crippen MR) is 78.6 cm³/mol. The van der Waals surface area contributed by atoms with E-state index in [0.717, 1.165) is 25.8 Å². The minimum absolute atomic E-state index is 0.135. The van der Waals surface area contributed by atoms with Crippen molar-refractivity contribution in [2.24, 2.45) is 0 Å². The maximum Gasteiger partial charge on any atom is 0.246 e. The summed E-state index contributed by atoms with van der Waals surface area (Å²) >= 11 is 0. The molecule has 0 bridgehead atoms. The summed E-state index contributed by atoms with van der Waals surface area (Å²) in [5.41, 5.74) is 1.28. The molecule has 4 heteroatoms. The summed E-state index contributed by atoms with van der Waals surface area (Å²) in [5.74, 6) is 0.706. The van der Waals surface area contributed by atoms with Crippen molar-refractivity contribution in [3.8, 4) is 0 Å². The first-order chi connectivity index (χ1) is 10.2. The number of carbonyl (C=O) groups is 2. The van der Waals surface area contributed by atoms with Gasteiger partial charge in [-0.2, -0.15) is 0 Å². The second-order valence-corrected chi connectivity index (χ2v) is 6.43. The van der Waals surface area contributed by atoms with E-state index < -0.39 is 0 Å². The van der Waals surface area contributed by atoms with Crippen LogP contribution in [0.3, 0.4) is 0 Å². The molecule has 0 N–H and O–H groups in total. The number of hydrogen-bond donors (Lipinski definition) is 0. The maximum atomic E-state index is 12.8. The summed E-state index contributed by atoms with van der Waals surface area (Å²) in [7, 11) is 0. The largest absolute Gasteiger partial charge is 0.329 e. The summed E-state index contributed by atoms with van der Waals surface area (Å²) in [5, 5.41) is 0. The Morgan fingerprint density at radius 2 is 1.86 bits per heavy atom. The van der Waals surface area contributed by atoms with Crippen molar-refractivity contribution < 1.29 is 9.59 Å². The molecule has 0 spiro atoms. The van der Waals surface area contributed by atoms with Crippen LogP contribution in [0.25, 0.3) is 0 Å². The van der Waals surface area contributed by atoms with E-state index in [0.29, 0.717) is 5.92 Å². The molecule has 4 rings (SSSR count). The Hall–Kier alpha value is -1.84. The van der Waals surface area contributed by atoms with Gasteiger partial charge in [0, 0.05) is 18.5 Å². The normalized spacial score (nSPS) is 35.1. The fourth-order valence-corrected chi connectivity index (χ4v) is 4.01. The second kappa shape index (κ2) is 4.58. The molecule has 3 aliphatic rings. The molecule has 0 radical (unpaired) electrons. The molecular formula is C17H20N2O2. The molecule has 1 aromatic carbocycles. The number of fused-ring (bicyclic) bond motifs is 1. The zero-order chi connectivity index (χ0) is 14.6. The number of carbonyl (C=O) groups excluding carboxylic acids is 2. The van der Waals surface area contributed by atoms with Crippen molar-refractivity contribution in [2.45, 2.75) is 50.2 Å². The third-order valence-corrected chi connectivity index (χ3v) is 5.19. The minimum atomic E-state index is -0.300. The lowest BCUT2D eigenvalue weighted by Crippen LogP contribution is -2.62. The highest BCUT2D eigenvalue weighted by Gasteiger charge is 2.54. The zero-order valence-electron chi connectivity index (χ0n) is 12.2. The van der Waals surface area contributed by atoms with Gasteiger partial charge in [-0.05, 0) is 31.7 Å². The van der Waals surface area contributed by atoms with Crippen LogP contribution in [0, 0.1) is 0 Å². The predicted octanol–water partition coefficient (Wildman–Crippen LogP) is 1.76. The summed E-state index contributed by atoms with van der Waals surface area (Å²) in [6, 6.07) is 10.0. The first kappa shape index (κ1) is 12.9. The number of amides is 2. The number of hydrogen-bond acceptors (Lipinski definition) is 2. The Bertz CT molecular complexity index is 586. The number of nitrogens with zero attached hydrogens (tertiary/aromatic N) is 2. The molecule has 4 atom stereocenters. The minimum Gasteiger partial charge on any atom is -0.329 e. The van der Waals surface area contributed by atoms with Crippen molar-refractivity contribution in [3.63, 3.8) is 0 Å². The van der Waals surface area contributed by atoms with Gasteiger partial charge in [-0.15, -0.1) is 0 Å². The second-order valence-electron chi connectivity index (χ2n) is 6.43. The lowest BCUT2D eigenvalue weighted by Gasteiger charge is -2.41. The highest BCUT2D eigenvalue weighted by Crippen LogP contribution is 2.47. The van der Waals surface area contributed by atoms with Gasteiger partial charge in [0.1, 0.15) is 12.1 Å². The number of rotatable bonds is 2. The van der Waals surface area contributed by atoms with Crippen LogP contribution in [0.5, 0.6) is 0 Å². The lowest BCUT2D eigenvalue weighted by molar-refractivity contribution is -0.159. The molecule has 1 aromatic rings. The highest BCUT2D eigenvalue weighted by molar-refractivity contribution is 5.97. The van der Waals surface area contributed by atoms with Gasteiger partial charge in [-0.1, -0.05) is 30.3 Å². The highest BCUT2D eigenvalue weighted by atomic mass is 16.2. The van der Waals surface area contributed by atoms with E-state index in [1.165, 1.54) is 5.56 Å². The molecule has 2 amide bonds. The zero-order valence-corrected chi connectivity index (χ0v) is 12.2. The molecule has 110 valence electrons. The van der Waals surface area contributed by atoms with Gasteiger partial charge in [0.25, 0.3) is 0 Å². The molecule has 2 heterocycles. The molecule has 0 aromatic heterocycles. The van der Waals surface area contributed by atoms with E-state index >= 15 is 0 Å². The molecule has 3 fully saturated rings. The van der Waals surface area contributed by atoms with Crippen molar-refractivity contribution in [1.29, 1.82) is 0 Å². The molecule has 2 aliphatic heterocycles. The van der Waals surface area contributed by atoms with E-state index in [-0.39, 0.29) is 29.9 Å². The summed E-state index contributed by atoms with van der Waals surface area (Å²) < 4.78 is 0. The number of benzene rings is 1. The third kappa shape index (κ3) is 1.88. The summed E-state index contributed by atoms with van der Waals surface area (Å²) in [4.78, 5) is 28.9. The van der Waals surface area contributed by atoms with Crippen LogP contribution in [0.2, 0.25) is 0 Å². The molecular weight excluding hydrogens is 264 g/mol. The van der Waals surface area contributed by atoms with Gasteiger partial charge in [0.2, 0.25) is 11.8 Å². The number of piperazine rings is 1. The molecule has 4 unspecified atom stereocenters. The standard InChI is InChI=1S/C17H20N2O2/c1-11-16(20)18-9-5-8-14(18)17(21)19(11)15-10-13(15)12-6-3-2-4-7-12/h2-4,6-7,11,13-15H,5,8-10H2,1H3. The summed E-state index contributed by atoms with van der Waals surface area (Å²) in [6.07, 6.45) is 2.77. The van der Waals surface area contributed by atoms with Gasteiger partial charge < -0.3 is 9.80 Å². The van der Waals surface area contributed by atoms with Crippen LogP contribution >= 0.6 is 0 Å². The lowest BCUT2D eigenvalue weighted by atomic mass is 10.0. The van der Waals surface area contributed by atoms with E-state index in [1.54, 1.807) is 4.90 Å². The monoisotopic (exact) mass is 284 g/mol. The fourth-order valence-electron chi connectivity index (χ4n) is 4.01. The molecule has 4 nitrogen and oxygen atoms in total. The van der Waals surface area contributed by atoms with Gasteiger partial charge >= 0.3 is 0 Å². The van der Waals surface area contributed by atoms with E-state index in [1.807, 2.05) is 30.0 Å². The van der Waals surface area contributed by atoms with Crippen molar-refractivity contribution in [3.05, 3.63) is 35.9 Å². The van der Waals surface area contributed by atoms with Gasteiger partial charge in [0.05, 0.1) is 0 Å². The smallest absolute Gasteiger partial charge is 0.246 e. The Morgan fingerprint density at radius 3 is 2.62 bits per heavy atom. The van der Waals surface area contributed by atoms with Crippen molar-refractivity contribution in [2.75, 3.05) is 6.54 Å². The Labute approximate surface area is 124 Å². The molecule has 1 aliphatic carbocycles. The van der Waals surface area contributed by atoms with Gasteiger partial charge in [0.15, 0.2) is 0 Å². The van der Waals surface area contributed by atoms with Gasteiger partial charge in [-0.25, -0.2) is 0 Å². The van der Waals surface area contributed by atoms with Crippen LogP contribution in [0.1, 0.15) is 37.7 Å². The molecule has 21 heavy (non-hydrogen) atoms. The fraction of sp³-hybridized carbons (Fsp3) is 0.529. The van der Waals surface area contributed by atoms with E-state index in [9.17, 15) is 9.59 Å². The van der Waals surface area contributed by atoms with Crippen molar-refractivity contribution in [1.82, 2.24) is 9.80 Å². The van der Waals surface area contributed by atoms with Crippen LogP contribution in [-0.4, -0.2) is 46.3 Å². The topological polar surface area (TPSA) is 40.6 Å². The third-order valence-electron chi connectivity index (χ3n) is 5.19. The van der Waals surface area contributed by atoms with Crippen LogP contribution in [0.15, 0.2) is 30.3 Å². The average molecular weight is 284 g/mol. The molecule has 1 saturated carbocycles. The van der Waals surface area contributed by atoms with Crippen LogP contribution in [-0.2, 0) is 9.59 Å². The SMILES string of the molecule is CC1C(=O)N2CCCC2C(=O)N1C1CC1c1ccccc1. The summed E-state index contributed by atoms with van der Waals surface area (Å²) in [6.45, 7) is 2.63. The van der Waals surface area contributed by atoms with Crippen LogP contribution < -0.4 is 0 Å². The maximum absolute atomic E-state index is 12.8. The Kier molecular flexibility index (Phi) is 2.81. The molecule has 2 saturated heterocycles. The Morgan fingerprint density at radius 1 is 1.10 bits per heavy atom. The van der Waals surface area contributed by atoms with E-state index in [4.69, 9.17) is 0 Å². The first-order valence-electron chi connectivity index (χ1n) is 7.86. The van der Waals surface area contributed by atoms with Crippen molar-refractivity contribution >= 4 is 11.8 Å². The van der Waals surface area contributed by atoms with Gasteiger partial charge in [-0.3, -0.25) is 9.59 Å².